The van der Waals surface area contributed by atoms with Crippen LogP contribution in [0.3, 0.4) is 0 Å². The van der Waals surface area contributed by atoms with E-state index in [0.717, 1.165) is 5.57 Å². The Morgan fingerprint density at radius 1 is 1.03 bits per heavy atom. The van der Waals surface area contributed by atoms with E-state index in [4.69, 9.17) is 18.9 Å². The quantitative estimate of drug-likeness (QED) is 0.353. The fourth-order valence-electron chi connectivity index (χ4n) is 4.49. The highest BCUT2D eigenvalue weighted by Crippen LogP contribution is 2.46. The number of hydrogen-bond donors (Lipinski definition) is 5. The Bertz CT molecular complexity index is 770. The van der Waals surface area contributed by atoms with Crippen molar-refractivity contribution in [1.82, 2.24) is 0 Å². The summed E-state index contributed by atoms with van der Waals surface area (Å²) in [5.74, 6) is 0.457. The second kappa shape index (κ2) is 7.86. The van der Waals surface area contributed by atoms with Gasteiger partial charge in [0.15, 0.2) is 6.29 Å². The monoisotopic (exact) mass is 428 g/mol. The van der Waals surface area contributed by atoms with Gasteiger partial charge in [0, 0.05) is 12.8 Å². The van der Waals surface area contributed by atoms with Crippen molar-refractivity contribution in [2.24, 2.45) is 0 Å². The molecule has 0 bridgehead atoms. The van der Waals surface area contributed by atoms with E-state index in [-0.39, 0.29) is 12.4 Å². The first kappa shape index (κ1) is 21.7. The molecule has 3 heterocycles. The first-order valence-corrected chi connectivity index (χ1v) is 10.1. The van der Waals surface area contributed by atoms with Gasteiger partial charge in [-0.15, -0.1) is 0 Å². The van der Waals surface area contributed by atoms with E-state index in [2.05, 4.69) is 0 Å². The summed E-state index contributed by atoms with van der Waals surface area (Å²) in [5, 5.41) is 50.9. The van der Waals surface area contributed by atoms with E-state index in [1.54, 1.807) is 13.8 Å². The summed E-state index contributed by atoms with van der Waals surface area (Å²) >= 11 is 0. The van der Waals surface area contributed by atoms with Crippen LogP contribution in [0.15, 0.2) is 22.7 Å². The summed E-state index contributed by atoms with van der Waals surface area (Å²) in [5.41, 5.74) is 0.230. The molecule has 3 aliphatic heterocycles. The molecular formula is C20H28O10. The predicted molar refractivity (Wildman–Crippen MR) is 98.4 cm³/mol. The number of carbonyl (C=O) groups is 1. The third-order valence-corrected chi connectivity index (χ3v) is 6.15. The van der Waals surface area contributed by atoms with Crippen molar-refractivity contribution in [2.75, 3.05) is 6.61 Å². The summed E-state index contributed by atoms with van der Waals surface area (Å²) in [7, 11) is 0. The molecule has 10 heteroatoms. The maximum Gasteiger partial charge on any atom is 0.311 e. The summed E-state index contributed by atoms with van der Waals surface area (Å²) in [6, 6.07) is 0. The van der Waals surface area contributed by atoms with Crippen molar-refractivity contribution in [2.45, 2.75) is 88.0 Å². The van der Waals surface area contributed by atoms with Crippen LogP contribution in [0.1, 0.15) is 39.5 Å². The Kier molecular flexibility index (Phi) is 5.69. The third kappa shape index (κ3) is 3.56. The van der Waals surface area contributed by atoms with Crippen LogP contribution in [-0.2, 0) is 23.7 Å². The highest BCUT2D eigenvalue weighted by Gasteiger charge is 2.52. The van der Waals surface area contributed by atoms with Crippen LogP contribution < -0.4 is 0 Å². The lowest BCUT2D eigenvalue weighted by molar-refractivity contribution is -0.331. The lowest BCUT2D eigenvalue weighted by atomic mass is 9.81. The standard InChI is InChI=1S/C20H28O10/c1-20(2)18(29-19-16(26)15(25)13(23)10(7-21)27-19)14(24)12-9(30-20)5-3-8-4-6-11(22)28-17(8)12/h10,13-16,18-19,21,23-26H,3-7H2,1-2H3/t10-,13-,14-,15+,16-,18-,19+/m1/s1. The number of rotatable bonds is 3. The molecule has 5 N–H and O–H groups in total. The maximum absolute atomic E-state index is 11.8. The largest absolute Gasteiger partial charge is 0.489 e. The Morgan fingerprint density at radius 3 is 2.43 bits per heavy atom. The van der Waals surface area contributed by atoms with Crippen molar-refractivity contribution in [3.63, 3.8) is 0 Å². The highest BCUT2D eigenvalue weighted by molar-refractivity contribution is 5.74. The van der Waals surface area contributed by atoms with Crippen molar-refractivity contribution < 1.29 is 49.3 Å². The van der Waals surface area contributed by atoms with E-state index in [9.17, 15) is 30.3 Å². The SMILES string of the molecule is CC1(C)OC2=C(C3=C(CCC(=O)O3)CC2)[C@@H](O)[C@H]1O[C@@H]1O[C@H](CO)[C@@H](O)[C@H](O)[C@H]1O. The van der Waals surface area contributed by atoms with Gasteiger partial charge in [-0.2, -0.15) is 0 Å². The average molecular weight is 428 g/mol. The maximum atomic E-state index is 11.8. The Labute approximate surface area is 173 Å². The van der Waals surface area contributed by atoms with Crippen molar-refractivity contribution >= 4 is 5.97 Å². The second-order valence-electron chi connectivity index (χ2n) is 8.65. The molecule has 0 aromatic heterocycles. The number of hydrogen-bond acceptors (Lipinski definition) is 10. The molecule has 7 atom stereocenters. The fraction of sp³-hybridized carbons (Fsp3) is 0.750. The van der Waals surface area contributed by atoms with Gasteiger partial charge in [0.2, 0.25) is 0 Å². The van der Waals surface area contributed by atoms with Crippen molar-refractivity contribution in [3.8, 4) is 0 Å². The van der Waals surface area contributed by atoms with Gasteiger partial charge >= 0.3 is 5.97 Å². The first-order valence-electron chi connectivity index (χ1n) is 10.1. The van der Waals surface area contributed by atoms with Crippen molar-refractivity contribution in [3.05, 3.63) is 22.7 Å². The van der Waals surface area contributed by atoms with Crippen LogP contribution in [0.5, 0.6) is 0 Å². The predicted octanol–water partition coefficient (Wildman–Crippen LogP) is -1.02. The summed E-state index contributed by atoms with van der Waals surface area (Å²) in [6.45, 7) is 2.80. The van der Waals surface area contributed by atoms with Crippen LogP contribution in [0.2, 0.25) is 0 Å². The van der Waals surface area contributed by atoms with Gasteiger partial charge in [-0.05, 0) is 32.3 Å². The fourth-order valence-corrected chi connectivity index (χ4v) is 4.49. The Morgan fingerprint density at radius 2 is 1.73 bits per heavy atom. The van der Waals surface area contributed by atoms with E-state index in [1.165, 1.54) is 0 Å². The first-order chi connectivity index (χ1) is 14.1. The van der Waals surface area contributed by atoms with Crippen LogP contribution >= 0.6 is 0 Å². The smallest absolute Gasteiger partial charge is 0.311 e. The molecule has 0 spiro atoms. The van der Waals surface area contributed by atoms with E-state index < -0.39 is 55.1 Å². The molecule has 0 unspecified atom stereocenters. The van der Waals surface area contributed by atoms with Crippen LogP contribution in [0.4, 0.5) is 0 Å². The van der Waals surface area contributed by atoms with E-state index in [1.807, 2.05) is 0 Å². The van der Waals surface area contributed by atoms with Gasteiger partial charge in [0.25, 0.3) is 0 Å². The molecule has 4 rings (SSSR count). The zero-order valence-corrected chi connectivity index (χ0v) is 16.9. The molecular weight excluding hydrogens is 400 g/mol. The minimum Gasteiger partial charge on any atom is -0.489 e. The molecule has 1 fully saturated rings. The zero-order chi connectivity index (χ0) is 21.8. The normalized spacial score (nSPS) is 41.0. The zero-order valence-electron chi connectivity index (χ0n) is 16.9. The molecule has 0 radical (unpaired) electrons. The average Bonchev–Trinajstić information content (AvgIpc) is 2.69. The molecule has 0 saturated carbocycles. The summed E-state index contributed by atoms with van der Waals surface area (Å²) < 4.78 is 22.8. The van der Waals surface area contributed by atoms with Crippen LogP contribution in [0, 0.1) is 0 Å². The molecule has 10 nitrogen and oxygen atoms in total. The van der Waals surface area contributed by atoms with Crippen molar-refractivity contribution in [1.29, 1.82) is 0 Å². The Balaban J connectivity index is 1.62. The number of ether oxygens (including phenoxy) is 4. The molecule has 0 aromatic carbocycles. The second-order valence-corrected chi connectivity index (χ2v) is 8.65. The minimum atomic E-state index is -1.62. The molecule has 1 saturated heterocycles. The third-order valence-electron chi connectivity index (χ3n) is 6.15. The number of carbonyl (C=O) groups excluding carboxylic acids is 1. The van der Waals surface area contributed by atoms with Crippen LogP contribution in [0.25, 0.3) is 0 Å². The lowest BCUT2D eigenvalue weighted by Gasteiger charge is -2.48. The van der Waals surface area contributed by atoms with Gasteiger partial charge < -0.3 is 44.5 Å². The minimum absolute atomic E-state index is 0.286. The number of aliphatic hydroxyl groups is 5. The van der Waals surface area contributed by atoms with Gasteiger partial charge in [-0.1, -0.05) is 0 Å². The van der Waals surface area contributed by atoms with E-state index in [0.29, 0.717) is 36.4 Å². The van der Waals surface area contributed by atoms with Gasteiger partial charge in [0.05, 0.1) is 12.2 Å². The molecule has 0 aromatic rings. The molecule has 4 aliphatic rings. The molecule has 0 amide bonds. The molecule has 1 aliphatic carbocycles. The number of fused-ring (bicyclic) bond motifs is 1. The summed E-state index contributed by atoms with van der Waals surface area (Å²) in [6.07, 6.45) is -7.58. The summed E-state index contributed by atoms with van der Waals surface area (Å²) in [4.78, 5) is 11.8. The molecule has 168 valence electrons. The van der Waals surface area contributed by atoms with Gasteiger partial charge in [-0.3, -0.25) is 4.79 Å². The number of allylic oxidation sites excluding steroid dienone is 2. The highest BCUT2D eigenvalue weighted by atomic mass is 16.7. The number of aliphatic hydroxyl groups excluding tert-OH is 5. The van der Waals surface area contributed by atoms with Gasteiger partial charge in [0.1, 0.15) is 53.7 Å². The van der Waals surface area contributed by atoms with E-state index >= 15 is 0 Å². The lowest BCUT2D eigenvalue weighted by Crippen LogP contribution is -2.62. The van der Waals surface area contributed by atoms with Crippen LogP contribution in [-0.4, -0.2) is 86.6 Å². The van der Waals surface area contributed by atoms with Gasteiger partial charge in [-0.25, -0.2) is 0 Å². The topological polar surface area (TPSA) is 155 Å². The Hall–Kier alpha value is -1.53. The molecule has 30 heavy (non-hydrogen) atoms. The number of esters is 1.